The van der Waals surface area contributed by atoms with Gasteiger partial charge in [0.1, 0.15) is 0 Å². The van der Waals surface area contributed by atoms with Crippen molar-refractivity contribution in [1.29, 1.82) is 0 Å². The molecule has 0 bridgehead atoms. The quantitative estimate of drug-likeness (QED) is 0.616. The Labute approximate surface area is 70.5 Å². The zero-order valence-electron chi connectivity index (χ0n) is 6.58. The Bertz CT molecular complexity index is 210. The second-order valence-electron chi connectivity index (χ2n) is 2.49. The molecule has 0 aromatic rings. The molecule has 0 aromatic heterocycles. The molecule has 0 unspecified atom stereocenters. The first-order valence-electron chi connectivity index (χ1n) is 3.66. The average molecular weight is 170 g/mol. The first-order chi connectivity index (χ1) is 5.68. The van der Waals surface area contributed by atoms with E-state index in [0.29, 0.717) is 13.2 Å². The summed E-state index contributed by atoms with van der Waals surface area (Å²) in [5.74, 6) is 0.341. The van der Waals surface area contributed by atoms with Crippen molar-refractivity contribution in [2.24, 2.45) is 0 Å². The van der Waals surface area contributed by atoms with Gasteiger partial charge in [0.25, 0.3) is 0 Å². The summed E-state index contributed by atoms with van der Waals surface area (Å²) in [6.45, 7) is 0.869. The number of ether oxygens (including phenoxy) is 2. The van der Waals surface area contributed by atoms with Gasteiger partial charge < -0.3 is 14.6 Å². The van der Waals surface area contributed by atoms with Gasteiger partial charge in [0.05, 0.1) is 19.6 Å². The van der Waals surface area contributed by atoms with E-state index >= 15 is 0 Å². The summed E-state index contributed by atoms with van der Waals surface area (Å²) in [6, 6.07) is 0. The molecule has 0 radical (unpaired) electrons. The van der Waals surface area contributed by atoms with Crippen LogP contribution in [0.4, 0.5) is 0 Å². The normalized spacial score (nSPS) is 20.2. The second-order valence-corrected chi connectivity index (χ2v) is 2.49. The van der Waals surface area contributed by atoms with Gasteiger partial charge in [-0.1, -0.05) is 0 Å². The third kappa shape index (κ3) is 1.97. The maximum Gasteiger partial charge on any atom is 0.303 e. The van der Waals surface area contributed by atoms with Gasteiger partial charge in [0.15, 0.2) is 0 Å². The maximum atomic E-state index is 10.2. The predicted octanol–water partition coefficient (Wildman–Crippen LogP) is 0.227. The lowest BCUT2D eigenvalue weighted by atomic mass is 10.1. The number of hydrogen-bond donors (Lipinski definition) is 1. The molecule has 66 valence electrons. The van der Waals surface area contributed by atoms with Gasteiger partial charge in [-0.15, -0.1) is 6.42 Å². The van der Waals surface area contributed by atoms with Crippen molar-refractivity contribution in [3.8, 4) is 12.3 Å². The van der Waals surface area contributed by atoms with Gasteiger partial charge in [-0.25, -0.2) is 0 Å². The van der Waals surface area contributed by atoms with Gasteiger partial charge >= 0.3 is 5.97 Å². The topological polar surface area (TPSA) is 55.8 Å². The second kappa shape index (κ2) is 3.57. The molecule has 1 rings (SSSR count). The van der Waals surface area contributed by atoms with E-state index in [1.54, 1.807) is 0 Å². The van der Waals surface area contributed by atoms with Crippen LogP contribution in [0.1, 0.15) is 12.8 Å². The predicted molar refractivity (Wildman–Crippen MR) is 40.3 cm³/mol. The summed E-state index contributed by atoms with van der Waals surface area (Å²) < 4.78 is 10.2. The molecule has 4 nitrogen and oxygen atoms in total. The zero-order valence-corrected chi connectivity index (χ0v) is 6.58. The smallest absolute Gasteiger partial charge is 0.303 e. The Morgan fingerprint density at radius 1 is 1.58 bits per heavy atom. The SMILES string of the molecule is C#CC1(CCC(=O)O)OCCO1. The standard InChI is InChI=1S/C8H10O4/c1-2-8(4-3-7(9)10)11-5-6-12-8/h1H,3-6H2,(H,9,10). The lowest BCUT2D eigenvalue weighted by Crippen LogP contribution is -2.28. The highest BCUT2D eigenvalue weighted by Gasteiger charge is 2.34. The van der Waals surface area contributed by atoms with Crippen molar-refractivity contribution in [3.63, 3.8) is 0 Å². The van der Waals surface area contributed by atoms with Crippen LogP contribution in [0, 0.1) is 12.3 Å². The van der Waals surface area contributed by atoms with Crippen molar-refractivity contribution in [2.45, 2.75) is 18.6 Å². The Hall–Kier alpha value is -1.05. The Balaban J connectivity index is 2.46. The third-order valence-electron chi connectivity index (χ3n) is 1.64. The van der Waals surface area contributed by atoms with E-state index in [9.17, 15) is 4.79 Å². The Morgan fingerprint density at radius 2 is 2.17 bits per heavy atom. The molecular weight excluding hydrogens is 160 g/mol. The van der Waals surface area contributed by atoms with Crippen molar-refractivity contribution in [2.75, 3.05) is 13.2 Å². The van der Waals surface area contributed by atoms with Gasteiger partial charge in [-0.2, -0.15) is 0 Å². The van der Waals surface area contributed by atoms with Crippen LogP contribution in [-0.2, 0) is 14.3 Å². The number of rotatable bonds is 3. The van der Waals surface area contributed by atoms with Crippen LogP contribution >= 0.6 is 0 Å². The lowest BCUT2D eigenvalue weighted by molar-refractivity contribution is -0.144. The summed E-state index contributed by atoms with van der Waals surface area (Å²) in [5, 5.41) is 8.40. The summed E-state index contributed by atoms with van der Waals surface area (Å²) in [5.41, 5.74) is 0. The van der Waals surface area contributed by atoms with Crippen LogP contribution in [0.5, 0.6) is 0 Å². The van der Waals surface area contributed by atoms with Crippen LogP contribution in [0.15, 0.2) is 0 Å². The van der Waals surface area contributed by atoms with Crippen LogP contribution in [0.3, 0.4) is 0 Å². The zero-order chi connectivity index (χ0) is 9.03. The summed E-state index contributed by atoms with van der Waals surface area (Å²) in [6.07, 6.45) is 5.33. The fraction of sp³-hybridized carbons (Fsp3) is 0.625. The summed E-state index contributed by atoms with van der Waals surface area (Å²) in [4.78, 5) is 10.2. The summed E-state index contributed by atoms with van der Waals surface area (Å²) in [7, 11) is 0. The molecule has 0 atom stereocenters. The number of carbonyl (C=O) groups is 1. The molecule has 1 aliphatic rings. The van der Waals surface area contributed by atoms with E-state index in [0.717, 1.165) is 0 Å². The molecular formula is C8H10O4. The van der Waals surface area contributed by atoms with E-state index in [2.05, 4.69) is 5.92 Å². The molecule has 1 N–H and O–H groups in total. The van der Waals surface area contributed by atoms with Gasteiger partial charge in [0, 0.05) is 6.42 Å². The highest BCUT2D eigenvalue weighted by atomic mass is 16.7. The number of carboxylic acid groups (broad SMARTS) is 1. The molecule has 4 heteroatoms. The van der Waals surface area contributed by atoms with Crippen molar-refractivity contribution < 1.29 is 19.4 Å². The van der Waals surface area contributed by atoms with E-state index in [4.69, 9.17) is 21.0 Å². The first-order valence-corrected chi connectivity index (χ1v) is 3.66. The van der Waals surface area contributed by atoms with E-state index in [-0.39, 0.29) is 12.8 Å². The minimum Gasteiger partial charge on any atom is -0.481 e. The molecule has 12 heavy (non-hydrogen) atoms. The molecule has 0 amide bonds. The van der Waals surface area contributed by atoms with Gasteiger partial charge in [-0.3, -0.25) is 4.79 Å². The number of terminal acetylenes is 1. The first kappa shape index (κ1) is 9.04. The third-order valence-corrected chi connectivity index (χ3v) is 1.64. The highest BCUT2D eigenvalue weighted by molar-refractivity contribution is 5.66. The van der Waals surface area contributed by atoms with Crippen LogP contribution < -0.4 is 0 Å². The molecule has 0 spiro atoms. The number of aliphatic carboxylic acids is 1. The summed E-state index contributed by atoms with van der Waals surface area (Å²) >= 11 is 0. The van der Waals surface area contributed by atoms with Crippen LogP contribution in [-0.4, -0.2) is 30.1 Å². The molecule has 1 heterocycles. The number of carboxylic acids is 1. The van der Waals surface area contributed by atoms with E-state index in [1.807, 2.05) is 0 Å². The number of hydrogen-bond acceptors (Lipinski definition) is 3. The fourth-order valence-electron chi connectivity index (χ4n) is 1.03. The van der Waals surface area contributed by atoms with Gasteiger partial charge in [0.2, 0.25) is 5.79 Å². The lowest BCUT2D eigenvalue weighted by Gasteiger charge is -2.19. The molecule has 1 aliphatic heterocycles. The molecule has 0 aromatic carbocycles. The van der Waals surface area contributed by atoms with Crippen molar-refractivity contribution in [3.05, 3.63) is 0 Å². The minimum absolute atomic E-state index is 0.0375. The fourth-order valence-corrected chi connectivity index (χ4v) is 1.03. The average Bonchev–Trinajstić information content (AvgIpc) is 2.50. The van der Waals surface area contributed by atoms with Crippen LogP contribution in [0.2, 0.25) is 0 Å². The minimum atomic E-state index is -1.08. The van der Waals surface area contributed by atoms with Crippen molar-refractivity contribution in [1.82, 2.24) is 0 Å². The monoisotopic (exact) mass is 170 g/mol. The van der Waals surface area contributed by atoms with Crippen LogP contribution in [0.25, 0.3) is 0 Å². The Morgan fingerprint density at radius 3 is 2.58 bits per heavy atom. The van der Waals surface area contributed by atoms with Gasteiger partial charge in [-0.05, 0) is 5.92 Å². The highest BCUT2D eigenvalue weighted by Crippen LogP contribution is 2.23. The van der Waals surface area contributed by atoms with Crippen molar-refractivity contribution >= 4 is 5.97 Å². The molecule has 0 saturated carbocycles. The molecule has 1 fully saturated rings. The molecule has 1 saturated heterocycles. The van der Waals surface area contributed by atoms with E-state index in [1.165, 1.54) is 0 Å². The Kier molecular flexibility index (Phi) is 2.69. The largest absolute Gasteiger partial charge is 0.481 e. The van der Waals surface area contributed by atoms with E-state index < -0.39 is 11.8 Å². The molecule has 0 aliphatic carbocycles. The maximum absolute atomic E-state index is 10.2.